The van der Waals surface area contributed by atoms with E-state index in [1.807, 2.05) is 0 Å². The van der Waals surface area contributed by atoms with Crippen LogP contribution in [0.4, 0.5) is 0 Å². The Morgan fingerprint density at radius 1 is 0.438 bits per heavy atom. The van der Waals surface area contributed by atoms with E-state index in [0.717, 1.165) is 18.9 Å². The smallest absolute Gasteiger partial charge is 0.0110 e. The van der Waals surface area contributed by atoms with Crippen molar-refractivity contribution >= 4 is 0 Å². The van der Waals surface area contributed by atoms with Crippen LogP contribution < -0.4 is 5.32 Å². The van der Waals surface area contributed by atoms with Gasteiger partial charge in [-0.2, -0.15) is 0 Å². The fourth-order valence-electron chi connectivity index (χ4n) is 6.86. The Hall–Kier alpha value is -1.16. The normalized spacial score (nSPS) is 15.2. The van der Waals surface area contributed by atoms with Gasteiger partial charge in [-0.05, 0) is 83.6 Å². The predicted molar refractivity (Wildman–Crippen MR) is 218 cm³/mol. The third-order valence-electron chi connectivity index (χ3n) is 10.3. The van der Waals surface area contributed by atoms with Crippen LogP contribution in [0.2, 0.25) is 0 Å². The summed E-state index contributed by atoms with van der Waals surface area (Å²) in [6, 6.07) is 0.721. The van der Waals surface area contributed by atoms with Crippen molar-refractivity contribution in [3.05, 3.63) is 48.6 Å². The van der Waals surface area contributed by atoms with Crippen molar-refractivity contribution in [2.24, 2.45) is 0 Å². The lowest BCUT2D eigenvalue weighted by Gasteiger charge is -2.34. The topological polar surface area (TPSA) is 18.5 Å². The average molecular weight is 668 g/mol. The molecule has 280 valence electrons. The number of piperazine rings is 1. The Morgan fingerprint density at radius 3 is 1.23 bits per heavy atom. The molecular formula is C45H85N3. The van der Waals surface area contributed by atoms with Crippen LogP contribution >= 0.6 is 0 Å². The molecule has 0 saturated carbocycles. The first-order chi connectivity index (χ1) is 23.8. The highest BCUT2D eigenvalue weighted by atomic mass is 15.3. The number of hydrogen-bond donors (Lipinski definition) is 1. The molecule has 0 aromatic carbocycles. The largest absolute Gasteiger partial charge is 0.313 e. The van der Waals surface area contributed by atoms with Gasteiger partial charge in [0, 0.05) is 45.3 Å². The van der Waals surface area contributed by atoms with Gasteiger partial charge in [0.15, 0.2) is 0 Å². The van der Waals surface area contributed by atoms with Crippen LogP contribution in [0, 0.1) is 0 Å². The lowest BCUT2D eigenvalue weighted by molar-refractivity contribution is 0.136. The summed E-state index contributed by atoms with van der Waals surface area (Å²) in [6.45, 7) is 15.4. The highest BCUT2D eigenvalue weighted by Gasteiger charge is 2.15. The first-order valence-electron chi connectivity index (χ1n) is 21.6. The van der Waals surface area contributed by atoms with E-state index in [1.165, 1.54) is 200 Å². The number of nitrogens with zero attached hydrogens (tertiary/aromatic N) is 2. The van der Waals surface area contributed by atoms with Crippen molar-refractivity contribution < 1.29 is 0 Å². The number of rotatable bonds is 35. The molecule has 48 heavy (non-hydrogen) atoms. The van der Waals surface area contributed by atoms with E-state index in [0.29, 0.717) is 0 Å². The van der Waals surface area contributed by atoms with Crippen molar-refractivity contribution in [2.45, 2.75) is 194 Å². The van der Waals surface area contributed by atoms with Gasteiger partial charge in [-0.1, -0.05) is 159 Å². The lowest BCUT2D eigenvalue weighted by Crippen LogP contribution is -2.48. The van der Waals surface area contributed by atoms with Crippen molar-refractivity contribution in [1.29, 1.82) is 0 Å². The molecule has 0 aliphatic carbocycles. The highest BCUT2D eigenvalue weighted by Crippen LogP contribution is 2.16. The predicted octanol–water partition coefficient (Wildman–Crippen LogP) is 13.0. The molecule has 1 rings (SSSR count). The molecule has 0 aromatic rings. The molecule has 0 aromatic heterocycles. The minimum atomic E-state index is 0.721. The fraction of sp³-hybridized carbons (Fsp3) is 0.822. The van der Waals surface area contributed by atoms with E-state index in [-0.39, 0.29) is 0 Å². The zero-order valence-corrected chi connectivity index (χ0v) is 32.9. The third kappa shape index (κ3) is 30.9. The quantitative estimate of drug-likeness (QED) is 0.0536. The second-order valence-corrected chi connectivity index (χ2v) is 14.7. The molecule has 1 N–H and O–H groups in total. The minimum absolute atomic E-state index is 0.721. The van der Waals surface area contributed by atoms with E-state index >= 15 is 0 Å². The second-order valence-electron chi connectivity index (χ2n) is 14.7. The summed E-state index contributed by atoms with van der Waals surface area (Å²) in [5.41, 5.74) is 0. The standard InChI is InChI=1S/C45H85N3/c1-4-7-9-11-13-15-17-19-21-23-25-27-29-31-33-35-37-45(46-39-40-48-43-41-47(6-3)42-44-48)38-36-34-32-30-28-26-24-22-20-18-16-14-12-10-8-5-2/h13-16,19-22,45-46H,4-12,17-18,23-44H2,1-3H3/b15-13-,16-14-,21-19-,22-20-. The average Bonchev–Trinajstić information content (AvgIpc) is 3.11. The number of likely N-dealkylation sites (N-methyl/N-ethyl adjacent to an activating group) is 1. The molecule has 1 aliphatic rings. The lowest BCUT2D eigenvalue weighted by atomic mass is 9.99. The molecule has 0 spiro atoms. The molecule has 0 amide bonds. The van der Waals surface area contributed by atoms with E-state index in [4.69, 9.17) is 0 Å². The Labute approximate surface area is 302 Å². The molecule has 1 heterocycles. The van der Waals surface area contributed by atoms with Gasteiger partial charge in [-0.15, -0.1) is 0 Å². The van der Waals surface area contributed by atoms with Crippen LogP contribution in [0.25, 0.3) is 0 Å². The van der Waals surface area contributed by atoms with Crippen molar-refractivity contribution in [2.75, 3.05) is 45.8 Å². The Bertz CT molecular complexity index is 697. The van der Waals surface area contributed by atoms with Gasteiger partial charge in [0.05, 0.1) is 0 Å². The van der Waals surface area contributed by atoms with Crippen molar-refractivity contribution in [3.8, 4) is 0 Å². The molecule has 3 nitrogen and oxygen atoms in total. The Kier molecular flexibility index (Phi) is 34.7. The van der Waals surface area contributed by atoms with Crippen LogP contribution in [0.15, 0.2) is 48.6 Å². The fourth-order valence-corrected chi connectivity index (χ4v) is 6.86. The van der Waals surface area contributed by atoms with Gasteiger partial charge in [-0.3, -0.25) is 4.90 Å². The Balaban J connectivity index is 2.14. The second kappa shape index (κ2) is 37.1. The van der Waals surface area contributed by atoms with E-state index in [2.05, 4.69) is 84.5 Å². The minimum Gasteiger partial charge on any atom is -0.313 e. The maximum Gasteiger partial charge on any atom is 0.0110 e. The summed E-state index contributed by atoms with van der Waals surface area (Å²) in [5.74, 6) is 0. The molecule has 0 atom stereocenters. The molecule has 0 unspecified atom stereocenters. The molecule has 3 heteroatoms. The SMILES string of the molecule is CCCCC/C=C\C/C=C\CCCCCCCCC(CCCCCCCC/C=C\C/C=C\CCCCC)NCCN1CCN(CC)CC1. The summed E-state index contributed by atoms with van der Waals surface area (Å²) >= 11 is 0. The van der Waals surface area contributed by atoms with E-state index < -0.39 is 0 Å². The van der Waals surface area contributed by atoms with Gasteiger partial charge in [0.2, 0.25) is 0 Å². The first-order valence-corrected chi connectivity index (χ1v) is 21.6. The summed E-state index contributed by atoms with van der Waals surface area (Å²) < 4.78 is 0. The van der Waals surface area contributed by atoms with Gasteiger partial charge >= 0.3 is 0 Å². The van der Waals surface area contributed by atoms with Crippen LogP contribution in [-0.4, -0.2) is 61.7 Å². The molecule has 0 radical (unpaired) electrons. The van der Waals surface area contributed by atoms with Crippen LogP contribution in [0.3, 0.4) is 0 Å². The molecule has 1 saturated heterocycles. The zero-order chi connectivity index (χ0) is 34.4. The first kappa shape index (κ1) is 44.9. The number of nitrogens with one attached hydrogen (secondary N) is 1. The van der Waals surface area contributed by atoms with Crippen molar-refractivity contribution in [1.82, 2.24) is 15.1 Å². The summed E-state index contributed by atoms with van der Waals surface area (Å²) in [5, 5.41) is 4.02. The van der Waals surface area contributed by atoms with Crippen LogP contribution in [-0.2, 0) is 0 Å². The zero-order valence-electron chi connectivity index (χ0n) is 32.9. The third-order valence-corrected chi connectivity index (χ3v) is 10.3. The molecule has 1 aliphatic heterocycles. The molecular weight excluding hydrogens is 583 g/mol. The monoisotopic (exact) mass is 668 g/mol. The van der Waals surface area contributed by atoms with Crippen LogP contribution in [0.5, 0.6) is 0 Å². The molecule has 1 fully saturated rings. The number of allylic oxidation sites excluding steroid dienone is 8. The van der Waals surface area contributed by atoms with E-state index in [1.54, 1.807) is 0 Å². The summed E-state index contributed by atoms with van der Waals surface area (Å²) in [4.78, 5) is 5.27. The van der Waals surface area contributed by atoms with Gasteiger partial charge in [-0.25, -0.2) is 0 Å². The molecule has 0 bridgehead atoms. The van der Waals surface area contributed by atoms with Gasteiger partial charge in [0.1, 0.15) is 0 Å². The number of hydrogen-bond acceptors (Lipinski definition) is 3. The van der Waals surface area contributed by atoms with Gasteiger partial charge in [0.25, 0.3) is 0 Å². The number of unbranched alkanes of at least 4 members (excludes halogenated alkanes) is 18. The Morgan fingerprint density at radius 2 is 0.812 bits per heavy atom. The maximum atomic E-state index is 4.02. The van der Waals surface area contributed by atoms with Crippen molar-refractivity contribution in [3.63, 3.8) is 0 Å². The summed E-state index contributed by atoms with van der Waals surface area (Å²) in [7, 11) is 0. The highest BCUT2D eigenvalue weighted by molar-refractivity contribution is 4.93. The van der Waals surface area contributed by atoms with Crippen LogP contribution in [0.1, 0.15) is 188 Å². The maximum absolute atomic E-state index is 4.02. The van der Waals surface area contributed by atoms with Gasteiger partial charge < -0.3 is 10.2 Å². The van der Waals surface area contributed by atoms with E-state index in [9.17, 15) is 0 Å². The summed E-state index contributed by atoms with van der Waals surface area (Å²) in [6.07, 6.45) is 53.9.